The molecule has 0 amide bonds. The SMILES string of the molecule is O=Cc1ccc(N2CCN(CC3CC3)CC2)c([N+](=O)[O-])c1. The zero-order valence-electron chi connectivity index (χ0n) is 11.9. The van der Waals surface area contributed by atoms with Crippen molar-refractivity contribution in [3.8, 4) is 0 Å². The molecule has 112 valence electrons. The second-order valence-corrected chi connectivity index (χ2v) is 5.85. The Balaban J connectivity index is 1.71. The summed E-state index contributed by atoms with van der Waals surface area (Å²) in [5.74, 6) is 0.873. The van der Waals surface area contributed by atoms with Crippen molar-refractivity contribution in [2.45, 2.75) is 12.8 Å². The summed E-state index contributed by atoms with van der Waals surface area (Å²) in [5, 5.41) is 11.2. The van der Waals surface area contributed by atoms with Gasteiger partial charge in [0.05, 0.1) is 4.92 Å². The number of aldehydes is 1. The van der Waals surface area contributed by atoms with Gasteiger partial charge in [0.25, 0.3) is 5.69 Å². The van der Waals surface area contributed by atoms with Crippen LogP contribution < -0.4 is 4.90 Å². The van der Waals surface area contributed by atoms with Gasteiger partial charge in [0.15, 0.2) is 0 Å². The molecule has 1 aromatic rings. The average molecular weight is 289 g/mol. The minimum absolute atomic E-state index is 0.0234. The Morgan fingerprint density at radius 1 is 1.24 bits per heavy atom. The molecule has 1 aromatic carbocycles. The molecule has 1 aliphatic carbocycles. The summed E-state index contributed by atoms with van der Waals surface area (Å²) in [6.45, 7) is 4.66. The van der Waals surface area contributed by atoms with Gasteiger partial charge in [-0.25, -0.2) is 0 Å². The molecule has 0 aromatic heterocycles. The van der Waals surface area contributed by atoms with Crippen LogP contribution in [0.3, 0.4) is 0 Å². The number of nitro groups is 1. The summed E-state index contributed by atoms with van der Waals surface area (Å²) in [6.07, 6.45) is 3.34. The van der Waals surface area contributed by atoms with Crippen LogP contribution in [0.1, 0.15) is 23.2 Å². The lowest BCUT2D eigenvalue weighted by atomic mass is 10.1. The second-order valence-electron chi connectivity index (χ2n) is 5.85. The third kappa shape index (κ3) is 3.21. The number of carbonyl (C=O) groups is 1. The molecule has 1 aliphatic heterocycles. The maximum Gasteiger partial charge on any atom is 0.293 e. The lowest BCUT2D eigenvalue weighted by molar-refractivity contribution is -0.384. The van der Waals surface area contributed by atoms with Crippen LogP contribution in [-0.2, 0) is 0 Å². The Morgan fingerprint density at radius 2 is 1.95 bits per heavy atom. The fourth-order valence-corrected chi connectivity index (χ4v) is 2.86. The van der Waals surface area contributed by atoms with Gasteiger partial charge < -0.3 is 4.90 Å². The van der Waals surface area contributed by atoms with Gasteiger partial charge in [-0.2, -0.15) is 0 Å². The second kappa shape index (κ2) is 5.81. The molecule has 0 unspecified atom stereocenters. The first kappa shape index (κ1) is 14.0. The summed E-state index contributed by atoms with van der Waals surface area (Å²) in [4.78, 5) is 26.1. The van der Waals surface area contributed by atoms with Gasteiger partial charge in [-0.15, -0.1) is 0 Å². The maximum absolute atomic E-state index is 11.2. The van der Waals surface area contributed by atoms with Gasteiger partial charge >= 0.3 is 0 Å². The van der Waals surface area contributed by atoms with Crippen molar-refractivity contribution >= 4 is 17.7 Å². The van der Waals surface area contributed by atoms with Crippen LogP contribution in [0.2, 0.25) is 0 Å². The van der Waals surface area contributed by atoms with Crippen LogP contribution in [0.15, 0.2) is 18.2 Å². The third-order valence-corrected chi connectivity index (χ3v) is 4.26. The molecule has 0 radical (unpaired) electrons. The molecular formula is C15H19N3O3. The number of nitrogens with zero attached hydrogens (tertiary/aromatic N) is 3. The molecular weight excluding hydrogens is 270 g/mol. The molecule has 1 saturated carbocycles. The molecule has 2 aliphatic rings. The standard InChI is InChI=1S/C15H19N3O3/c19-11-13-3-4-14(15(9-13)18(20)21)17-7-5-16(6-8-17)10-12-1-2-12/h3-4,9,11-12H,1-2,5-8,10H2. The summed E-state index contributed by atoms with van der Waals surface area (Å²) >= 11 is 0. The molecule has 6 nitrogen and oxygen atoms in total. The van der Waals surface area contributed by atoms with E-state index in [1.54, 1.807) is 12.1 Å². The highest BCUT2D eigenvalue weighted by atomic mass is 16.6. The number of hydrogen-bond acceptors (Lipinski definition) is 5. The van der Waals surface area contributed by atoms with Crippen LogP contribution in [0.25, 0.3) is 0 Å². The van der Waals surface area contributed by atoms with Crippen LogP contribution >= 0.6 is 0 Å². The van der Waals surface area contributed by atoms with Gasteiger partial charge in [0.2, 0.25) is 0 Å². The molecule has 1 heterocycles. The van der Waals surface area contributed by atoms with Gasteiger partial charge in [-0.05, 0) is 30.9 Å². The van der Waals surface area contributed by atoms with Crippen LogP contribution in [0.4, 0.5) is 11.4 Å². The molecule has 21 heavy (non-hydrogen) atoms. The van der Waals surface area contributed by atoms with Crippen LogP contribution in [-0.4, -0.2) is 48.8 Å². The summed E-state index contributed by atoms with van der Waals surface area (Å²) < 4.78 is 0. The molecule has 3 rings (SSSR count). The summed E-state index contributed by atoms with van der Waals surface area (Å²) in [7, 11) is 0. The van der Waals surface area contributed by atoms with Gasteiger partial charge in [0.1, 0.15) is 12.0 Å². The van der Waals surface area contributed by atoms with Crippen LogP contribution in [0, 0.1) is 16.0 Å². The highest BCUT2D eigenvalue weighted by Crippen LogP contribution is 2.32. The largest absolute Gasteiger partial charge is 0.363 e. The number of piperazine rings is 1. The van der Waals surface area contributed by atoms with E-state index in [0.29, 0.717) is 17.5 Å². The van der Waals surface area contributed by atoms with Gasteiger partial charge in [0, 0.05) is 44.4 Å². The highest BCUT2D eigenvalue weighted by molar-refractivity contribution is 5.79. The fourth-order valence-electron chi connectivity index (χ4n) is 2.86. The fraction of sp³-hybridized carbons (Fsp3) is 0.533. The zero-order chi connectivity index (χ0) is 14.8. The molecule has 0 N–H and O–H groups in total. The Bertz CT molecular complexity index is 549. The van der Waals surface area contributed by atoms with E-state index in [2.05, 4.69) is 9.80 Å². The number of anilines is 1. The van der Waals surface area contributed by atoms with E-state index in [0.717, 1.165) is 32.1 Å². The van der Waals surface area contributed by atoms with E-state index < -0.39 is 4.92 Å². The molecule has 2 fully saturated rings. The van der Waals surface area contributed by atoms with Crippen molar-refractivity contribution in [3.63, 3.8) is 0 Å². The third-order valence-electron chi connectivity index (χ3n) is 4.26. The topological polar surface area (TPSA) is 66.7 Å². The summed E-state index contributed by atoms with van der Waals surface area (Å²) in [6, 6.07) is 4.70. The van der Waals surface area contributed by atoms with E-state index in [1.165, 1.54) is 25.5 Å². The lowest BCUT2D eigenvalue weighted by Crippen LogP contribution is -2.47. The summed E-state index contributed by atoms with van der Waals surface area (Å²) in [5.41, 5.74) is 0.990. The number of nitro benzene ring substituents is 1. The minimum atomic E-state index is -0.404. The lowest BCUT2D eigenvalue weighted by Gasteiger charge is -2.35. The molecule has 0 bridgehead atoms. The predicted octanol–water partition coefficient (Wildman–Crippen LogP) is 1.94. The van der Waals surface area contributed by atoms with E-state index in [1.807, 2.05) is 0 Å². The van der Waals surface area contributed by atoms with Crippen molar-refractivity contribution in [1.29, 1.82) is 0 Å². The Labute approximate surface area is 123 Å². The van der Waals surface area contributed by atoms with Crippen molar-refractivity contribution in [3.05, 3.63) is 33.9 Å². The number of hydrogen-bond donors (Lipinski definition) is 0. The maximum atomic E-state index is 11.2. The predicted molar refractivity (Wildman–Crippen MR) is 79.9 cm³/mol. The number of carbonyl (C=O) groups excluding carboxylic acids is 1. The van der Waals surface area contributed by atoms with Crippen molar-refractivity contribution in [2.75, 3.05) is 37.6 Å². The van der Waals surface area contributed by atoms with Gasteiger partial charge in [-0.1, -0.05) is 0 Å². The average Bonchev–Trinajstić information content (AvgIpc) is 3.31. The first-order chi connectivity index (χ1) is 10.2. The first-order valence-electron chi connectivity index (χ1n) is 7.38. The van der Waals surface area contributed by atoms with Crippen molar-refractivity contribution in [2.24, 2.45) is 5.92 Å². The van der Waals surface area contributed by atoms with E-state index >= 15 is 0 Å². The van der Waals surface area contributed by atoms with Crippen LogP contribution in [0.5, 0.6) is 0 Å². The Kier molecular flexibility index (Phi) is 3.88. The van der Waals surface area contributed by atoms with Crippen molar-refractivity contribution in [1.82, 2.24) is 4.90 Å². The quantitative estimate of drug-likeness (QED) is 0.471. The van der Waals surface area contributed by atoms with Gasteiger partial charge in [-0.3, -0.25) is 19.8 Å². The monoisotopic (exact) mass is 289 g/mol. The molecule has 1 saturated heterocycles. The highest BCUT2D eigenvalue weighted by Gasteiger charge is 2.28. The molecule has 6 heteroatoms. The minimum Gasteiger partial charge on any atom is -0.363 e. The van der Waals surface area contributed by atoms with E-state index in [4.69, 9.17) is 0 Å². The first-order valence-corrected chi connectivity index (χ1v) is 7.38. The molecule has 0 atom stereocenters. The normalized spacial score (nSPS) is 19.5. The number of benzene rings is 1. The number of rotatable bonds is 5. The van der Waals surface area contributed by atoms with Crippen molar-refractivity contribution < 1.29 is 9.72 Å². The smallest absolute Gasteiger partial charge is 0.293 e. The zero-order valence-corrected chi connectivity index (χ0v) is 11.9. The van der Waals surface area contributed by atoms with E-state index in [9.17, 15) is 14.9 Å². The molecule has 0 spiro atoms. The Morgan fingerprint density at radius 3 is 2.52 bits per heavy atom. The Hall–Kier alpha value is -1.95. The van der Waals surface area contributed by atoms with E-state index in [-0.39, 0.29) is 5.69 Å².